The Balaban J connectivity index is 1.77. The number of piperazine rings is 1. The van der Waals surface area contributed by atoms with Gasteiger partial charge in [-0.3, -0.25) is 4.79 Å². The molecule has 0 atom stereocenters. The van der Waals surface area contributed by atoms with Gasteiger partial charge in [0.2, 0.25) is 5.91 Å². The van der Waals surface area contributed by atoms with Crippen molar-refractivity contribution in [2.75, 3.05) is 31.1 Å². The second-order valence-corrected chi connectivity index (χ2v) is 7.43. The number of hydrogen-bond acceptors (Lipinski definition) is 5. The van der Waals surface area contributed by atoms with E-state index in [4.69, 9.17) is 0 Å². The van der Waals surface area contributed by atoms with Crippen LogP contribution >= 0.6 is 0 Å². The van der Waals surface area contributed by atoms with Crippen molar-refractivity contribution < 1.29 is 14.7 Å². The Bertz CT molecular complexity index is 858. The van der Waals surface area contributed by atoms with Gasteiger partial charge < -0.3 is 14.9 Å². The van der Waals surface area contributed by atoms with Gasteiger partial charge in [-0.2, -0.15) is 0 Å². The molecule has 1 N–H and O–H groups in total. The first-order valence-corrected chi connectivity index (χ1v) is 9.39. The Kier molecular flexibility index (Phi) is 5.58. The summed E-state index contributed by atoms with van der Waals surface area (Å²) in [5, 5.41) is 10.0. The van der Waals surface area contributed by atoms with E-state index in [2.05, 4.69) is 28.7 Å². The first-order valence-electron chi connectivity index (χ1n) is 9.39. The molecule has 7 nitrogen and oxygen atoms in total. The van der Waals surface area contributed by atoms with Gasteiger partial charge in [0.05, 0.1) is 11.1 Å². The van der Waals surface area contributed by atoms with Crippen molar-refractivity contribution in [2.24, 2.45) is 5.92 Å². The van der Waals surface area contributed by atoms with Gasteiger partial charge in [0.25, 0.3) is 0 Å². The van der Waals surface area contributed by atoms with Crippen LogP contribution in [0.4, 0.5) is 5.82 Å². The summed E-state index contributed by atoms with van der Waals surface area (Å²) < 4.78 is 0. The lowest BCUT2D eigenvalue weighted by atomic mass is 10.1. The van der Waals surface area contributed by atoms with Gasteiger partial charge in [0.15, 0.2) is 0 Å². The standard InChI is InChI=1S/C20H26N4O3/c1-13(2)4-7-18(25)23-8-10-24(11-9-23)19-16-6-5-15(20(26)27)12-17(16)21-14(3)22-19/h5-6,12-13H,4,7-11H2,1-3H3,(H,26,27). The lowest BCUT2D eigenvalue weighted by molar-refractivity contribution is -0.131. The summed E-state index contributed by atoms with van der Waals surface area (Å²) in [4.78, 5) is 36.6. The molecule has 1 saturated heterocycles. The second kappa shape index (κ2) is 7.90. The number of carboxylic acids is 1. The largest absolute Gasteiger partial charge is 0.478 e. The zero-order valence-electron chi connectivity index (χ0n) is 16.1. The average Bonchev–Trinajstić information content (AvgIpc) is 2.64. The summed E-state index contributed by atoms with van der Waals surface area (Å²) in [6.07, 6.45) is 1.52. The van der Waals surface area contributed by atoms with Crippen LogP contribution in [0, 0.1) is 12.8 Å². The van der Waals surface area contributed by atoms with Gasteiger partial charge >= 0.3 is 5.97 Å². The van der Waals surface area contributed by atoms with Crippen LogP contribution in [-0.4, -0.2) is 58.0 Å². The van der Waals surface area contributed by atoms with Crippen LogP contribution in [0.25, 0.3) is 10.9 Å². The first kappa shape index (κ1) is 19.1. The summed E-state index contributed by atoms with van der Waals surface area (Å²) in [6, 6.07) is 4.94. The van der Waals surface area contributed by atoms with E-state index >= 15 is 0 Å². The Morgan fingerprint density at radius 3 is 2.48 bits per heavy atom. The van der Waals surface area contributed by atoms with E-state index in [1.165, 1.54) is 0 Å². The summed E-state index contributed by atoms with van der Waals surface area (Å²) in [5.74, 6) is 1.20. The maximum absolute atomic E-state index is 12.3. The Hall–Kier alpha value is -2.70. The average molecular weight is 370 g/mol. The van der Waals surface area contributed by atoms with E-state index in [9.17, 15) is 14.7 Å². The minimum absolute atomic E-state index is 0.215. The van der Waals surface area contributed by atoms with Crippen molar-refractivity contribution in [1.29, 1.82) is 0 Å². The number of carbonyl (C=O) groups excluding carboxylic acids is 1. The summed E-state index contributed by atoms with van der Waals surface area (Å²) in [5.41, 5.74) is 0.847. The Morgan fingerprint density at radius 2 is 1.85 bits per heavy atom. The summed E-state index contributed by atoms with van der Waals surface area (Å²) >= 11 is 0. The van der Waals surface area contributed by atoms with Crippen molar-refractivity contribution in [2.45, 2.75) is 33.6 Å². The number of hydrogen-bond donors (Lipinski definition) is 1. The number of benzene rings is 1. The summed E-state index contributed by atoms with van der Waals surface area (Å²) in [6.45, 7) is 8.83. The molecule has 7 heteroatoms. The molecule has 0 spiro atoms. The number of nitrogens with zero attached hydrogens (tertiary/aromatic N) is 4. The molecule has 3 rings (SSSR count). The quantitative estimate of drug-likeness (QED) is 0.871. The van der Waals surface area contributed by atoms with Crippen LogP contribution in [-0.2, 0) is 4.79 Å². The maximum Gasteiger partial charge on any atom is 0.335 e. The van der Waals surface area contributed by atoms with Gasteiger partial charge in [-0.1, -0.05) is 13.8 Å². The number of rotatable bonds is 5. The fourth-order valence-corrected chi connectivity index (χ4v) is 3.34. The van der Waals surface area contributed by atoms with Crippen molar-refractivity contribution in [1.82, 2.24) is 14.9 Å². The third kappa shape index (κ3) is 4.35. The third-order valence-corrected chi connectivity index (χ3v) is 4.90. The molecule has 2 heterocycles. The van der Waals surface area contributed by atoms with Gasteiger partial charge in [-0.05, 0) is 37.5 Å². The zero-order chi connectivity index (χ0) is 19.6. The molecule has 0 saturated carbocycles. The molecule has 0 unspecified atom stereocenters. The molecule has 1 fully saturated rings. The van der Waals surface area contributed by atoms with Gasteiger partial charge in [-0.15, -0.1) is 0 Å². The third-order valence-electron chi connectivity index (χ3n) is 4.90. The number of fused-ring (bicyclic) bond motifs is 1. The molecule has 0 radical (unpaired) electrons. The van der Waals surface area contributed by atoms with Crippen LogP contribution in [0.5, 0.6) is 0 Å². The maximum atomic E-state index is 12.3. The molecule has 1 aromatic carbocycles. The van der Waals surface area contributed by atoms with Crippen LogP contribution in [0.1, 0.15) is 42.9 Å². The summed E-state index contributed by atoms with van der Waals surface area (Å²) in [7, 11) is 0. The molecular formula is C20H26N4O3. The molecule has 2 aromatic rings. The molecule has 1 aliphatic heterocycles. The lowest BCUT2D eigenvalue weighted by Crippen LogP contribution is -2.49. The number of carbonyl (C=O) groups is 2. The molecular weight excluding hydrogens is 344 g/mol. The van der Waals surface area contributed by atoms with Crippen LogP contribution in [0.2, 0.25) is 0 Å². The van der Waals surface area contributed by atoms with Crippen molar-refractivity contribution in [3.05, 3.63) is 29.6 Å². The number of aromatic nitrogens is 2. The zero-order valence-corrected chi connectivity index (χ0v) is 16.1. The number of anilines is 1. The fourth-order valence-electron chi connectivity index (χ4n) is 3.34. The molecule has 1 aromatic heterocycles. The fraction of sp³-hybridized carbons (Fsp3) is 0.500. The van der Waals surface area contributed by atoms with E-state index in [0.29, 0.717) is 49.9 Å². The van der Waals surface area contributed by atoms with Crippen molar-refractivity contribution in [3.63, 3.8) is 0 Å². The molecule has 1 aliphatic rings. The van der Waals surface area contributed by atoms with Crippen LogP contribution in [0.15, 0.2) is 18.2 Å². The smallest absolute Gasteiger partial charge is 0.335 e. The minimum Gasteiger partial charge on any atom is -0.478 e. The number of amides is 1. The minimum atomic E-state index is -0.969. The van der Waals surface area contributed by atoms with E-state index in [1.54, 1.807) is 18.2 Å². The molecule has 0 bridgehead atoms. The number of aromatic carboxylic acids is 1. The topological polar surface area (TPSA) is 86.6 Å². The molecule has 27 heavy (non-hydrogen) atoms. The SMILES string of the molecule is Cc1nc(N2CCN(C(=O)CCC(C)C)CC2)c2ccc(C(=O)O)cc2n1. The monoisotopic (exact) mass is 370 g/mol. The highest BCUT2D eigenvalue weighted by molar-refractivity contribution is 5.96. The van der Waals surface area contributed by atoms with Crippen molar-refractivity contribution >= 4 is 28.6 Å². The Labute approximate surface area is 159 Å². The lowest BCUT2D eigenvalue weighted by Gasteiger charge is -2.36. The number of carboxylic acid groups (broad SMARTS) is 1. The molecule has 1 amide bonds. The van der Waals surface area contributed by atoms with E-state index in [-0.39, 0.29) is 11.5 Å². The van der Waals surface area contributed by atoms with Gasteiger partial charge in [-0.25, -0.2) is 14.8 Å². The predicted octanol–water partition coefficient (Wildman–Crippen LogP) is 2.72. The molecule has 144 valence electrons. The van der Waals surface area contributed by atoms with E-state index < -0.39 is 5.97 Å². The normalized spacial score (nSPS) is 14.8. The molecule has 0 aliphatic carbocycles. The number of aryl methyl sites for hydroxylation is 1. The highest BCUT2D eigenvalue weighted by Crippen LogP contribution is 2.26. The van der Waals surface area contributed by atoms with E-state index in [1.807, 2.05) is 11.8 Å². The van der Waals surface area contributed by atoms with Gasteiger partial charge in [0.1, 0.15) is 11.6 Å². The van der Waals surface area contributed by atoms with Crippen molar-refractivity contribution in [3.8, 4) is 0 Å². The van der Waals surface area contributed by atoms with E-state index in [0.717, 1.165) is 17.6 Å². The van der Waals surface area contributed by atoms with Crippen LogP contribution < -0.4 is 4.90 Å². The highest BCUT2D eigenvalue weighted by atomic mass is 16.4. The highest BCUT2D eigenvalue weighted by Gasteiger charge is 2.23. The van der Waals surface area contributed by atoms with Crippen LogP contribution in [0.3, 0.4) is 0 Å². The second-order valence-electron chi connectivity index (χ2n) is 7.43. The first-order chi connectivity index (χ1) is 12.8. The Morgan fingerprint density at radius 1 is 1.15 bits per heavy atom. The predicted molar refractivity (Wildman–Crippen MR) is 104 cm³/mol. The van der Waals surface area contributed by atoms with Gasteiger partial charge in [0, 0.05) is 38.0 Å².